The van der Waals surface area contributed by atoms with Gasteiger partial charge in [-0.25, -0.2) is 4.57 Å². The highest BCUT2D eigenvalue weighted by molar-refractivity contribution is 6.08. The predicted molar refractivity (Wildman–Crippen MR) is 192 cm³/mol. The van der Waals surface area contributed by atoms with Crippen LogP contribution in [0.3, 0.4) is 0 Å². The van der Waals surface area contributed by atoms with Gasteiger partial charge in [0.2, 0.25) is 11.0 Å². The number of para-hydroxylation sites is 4. The van der Waals surface area contributed by atoms with E-state index in [-0.39, 0.29) is 0 Å². The molecule has 0 saturated heterocycles. The standard InChI is InChI=1S/C40H42N6/c1-43(34-17-7-5-8-18-34)41-31-33-25-29-45(30-26-33)27-15-3-4-16-28-46-39-23-13-11-21-36(39)38(37-22-12-14-24-40(37)46)32-42-44(2)35-19-9-6-10-20-35/h5-14,17-26,29-32H,3-4,15-16,27-28H2,1-2H3/q+2. The molecule has 4 aromatic carbocycles. The summed E-state index contributed by atoms with van der Waals surface area (Å²) in [5.74, 6) is 0. The van der Waals surface area contributed by atoms with Crippen LogP contribution in [0.2, 0.25) is 0 Å². The van der Waals surface area contributed by atoms with E-state index in [0.29, 0.717) is 0 Å². The van der Waals surface area contributed by atoms with Crippen molar-refractivity contribution in [2.75, 3.05) is 24.1 Å². The number of hydrazone groups is 2. The molecule has 6 nitrogen and oxygen atoms in total. The van der Waals surface area contributed by atoms with Crippen LogP contribution in [0.5, 0.6) is 0 Å². The summed E-state index contributed by atoms with van der Waals surface area (Å²) in [5.41, 5.74) is 6.88. The molecule has 0 atom stereocenters. The van der Waals surface area contributed by atoms with E-state index in [9.17, 15) is 0 Å². The summed E-state index contributed by atoms with van der Waals surface area (Å²) in [4.78, 5) is 0. The maximum Gasteiger partial charge on any atom is 0.213 e. The minimum absolute atomic E-state index is 0.987. The van der Waals surface area contributed by atoms with Gasteiger partial charge < -0.3 is 0 Å². The van der Waals surface area contributed by atoms with Gasteiger partial charge in [0.05, 0.1) is 34.6 Å². The molecule has 0 N–H and O–H groups in total. The molecule has 2 aromatic heterocycles. The average molecular weight is 607 g/mol. The van der Waals surface area contributed by atoms with Crippen molar-refractivity contribution in [1.82, 2.24) is 0 Å². The van der Waals surface area contributed by atoms with Crippen molar-refractivity contribution in [1.29, 1.82) is 0 Å². The Kier molecular flexibility index (Phi) is 10.1. The van der Waals surface area contributed by atoms with Gasteiger partial charge >= 0.3 is 0 Å². The van der Waals surface area contributed by atoms with Crippen molar-refractivity contribution in [2.45, 2.75) is 38.8 Å². The molecule has 6 rings (SSSR count). The maximum atomic E-state index is 4.84. The van der Waals surface area contributed by atoms with Crippen LogP contribution >= 0.6 is 0 Å². The first-order valence-corrected chi connectivity index (χ1v) is 16.2. The molecule has 0 saturated carbocycles. The first-order chi connectivity index (χ1) is 22.7. The first-order valence-electron chi connectivity index (χ1n) is 16.2. The van der Waals surface area contributed by atoms with Crippen LogP contribution in [0.4, 0.5) is 11.4 Å². The third kappa shape index (κ3) is 7.46. The quantitative estimate of drug-likeness (QED) is 0.0443. The van der Waals surface area contributed by atoms with E-state index in [2.05, 4.69) is 112 Å². The van der Waals surface area contributed by atoms with Crippen molar-refractivity contribution in [3.63, 3.8) is 0 Å². The van der Waals surface area contributed by atoms with Crippen LogP contribution in [-0.4, -0.2) is 26.5 Å². The summed E-state index contributed by atoms with van der Waals surface area (Å²) in [6.45, 7) is 2.01. The summed E-state index contributed by atoms with van der Waals surface area (Å²) < 4.78 is 4.76. The van der Waals surface area contributed by atoms with Crippen LogP contribution in [0.15, 0.2) is 144 Å². The normalized spacial score (nSPS) is 11.6. The fraction of sp³-hybridized carbons (Fsp3) is 0.200. The van der Waals surface area contributed by atoms with Gasteiger partial charge in [0.25, 0.3) is 0 Å². The topological polar surface area (TPSA) is 39.0 Å². The average Bonchev–Trinajstić information content (AvgIpc) is 3.12. The van der Waals surface area contributed by atoms with E-state index in [1.807, 2.05) is 72.9 Å². The van der Waals surface area contributed by atoms with E-state index in [1.54, 1.807) is 0 Å². The largest absolute Gasteiger partial charge is 0.269 e. The number of aryl methyl sites for hydroxylation is 2. The van der Waals surface area contributed by atoms with Crippen LogP contribution in [-0.2, 0) is 13.1 Å². The van der Waals surface area contributed by atoms with E-state index in [4.69, 9.17) is 5.10 Å². The SMILES string of the molecule is CN(/N=C/c1cc[n+](CCCCCC[n+]2c3ccccc3c(/C=N/N(C)c3ccccc3)c3ccccc32)cc1)c1ccccc1. The minimum Gasteiger partial charge on any atom is -0.269 e. The van der Waals surface area contributed by atoms with Crippen LogP contribution < -0.4 is 19.2 Å². The smallest absolute Gasteiger partial charge is 0.213 e. The lowest BCUT2D eigenvalue weighted by atomic mass is 10.0. The number of aromatic nitrogens is 2. The summed E-state index contributed by atoms with van der Waals surface area (Å²) in [5, 5.41) is 15.7. The molecule has 0 bridgehead atoms. The summed E-state index contributed by atoms with van der Waals surface area (Å²) in [7, 11) is 3.96. The van der Waals surface area contributed by atoms with Crippen LogP contribution in [0, 0.1) is 0 Å². The molecular weight excluding hydrogens is 564 g/mol. The lowest BCUT2D eigenvalue weighted by molar-refractivity contribution is -0.697. The molecule has 6 aromatic rings. The molecular formula is C40H42N6+2. The zero-order valence-electron chi connectivity index (χ0n) is 26.8. The van der Waals surface area contributed by atoms with Crippen molar-refractivity contribution in [2.24, 2.45) is 10.2 Å². The highest BCUT2D eigenvalue weighted by Crippen LogP contribution is 2.24. The number of rotatable bonds is 13. The summed E-state index contributed by atoms with van der Waals surface area (Å²) >= 11 is 0. The van der Waals surface area contributed by atoms with E-state index in [1.165, 1.54) is 34.6 Å². The van der Waals surface area contributed by atoms with Gasteiger partial charge in [-0.3, -0.25) is 10.0 Å². The van der Waals surface area contributed by atoms with Gasteiger partial charge in [-0.05, 0) is 49.2 Å². The van der Waals surface area contributed by atoms with Gasteiger partial charge in [0, 0.05) is 62.3 Å². The highest BCUT2D eigenvalue weighted by Gasteiger charge is 2.19. The number of pyridine rings is 2. The second kappa shape index (κ2) is 15.1. The summed E-state index contributed by atoms with van der Waals surface area (Å²) in [6, 6.07) is 42.1. The number of anilines is 2. The Bertz CT molecular complexity index is 1860. The lowest BCUT2D eigenvalue weighted by Gasteiger charge is -2.13. The van der Waals surface area contributed by atoms with Crippen molar-refractivity contribution >= 4 is 45.6 Å². The predicted octanol–water partition coefficient (Wildman–Crippen LogP) is 7.77. The Morgan fingerprint density at radius 2 is 1.00 bits per heavy atom. The second-order valence-corrected chi connectivity index (χ2v) is 11.6. The third-order valence-electron chi connectivity index (χ3n) is 8.43. The number of hydrogen-bond donors (Lipinski definition) is 0. The molecule has 0 spiro atoms. The number of benzene rings is 4. The van der Waals surface area contributed by atoms with Gasteiger partial charge in [-0.1, -0.05) is 60.7 Å². The van der Waals surface area contributed by atoms with Gasteiger partial charge in [0.15, 0.2) is 12.4 Å². The molecule has 6 heteroatoms. The Morgan fingerprint density at radius 1 is 0.522 bits per heavy atom. The third-order valence-corrected chi connectivity index (χ3v) is 8.43. The number of hydrogen-bond acceptors (Lipinski definition) is 4. The van der Waals surface area contributed by atoms with Crippen molar-refractivity contribution in [3.05, 3.63) is 145 Å². The summed E-state index contributed by atoms with van der Waals surface area (Å²) in [6.07, 6.45) is 12.9. The molecule has 230 valence electrons. The fourth-order valence-corrected chi connectivity index (χ4v) is 5.87. The molecule has 0 aliphatic carbocycles. The van der Waals surface area contributed by atoms with Gasteiger partial charge in [0.1, 0.15) is 13.1 Å². The Labute approximate surface area is 272 Å². The maximum absolute atomic E-state index is 4.84. The zero-order valence-corrected chi connectivity index (χ0v) is 26.8. The number of nitrogens with zero attached hydrogens (tertiary/aromatic N) is 6. The Morgan fingerprint density at radius 3 is 1.57 bits per heavy atom. The van der Waals surface area contributed by atoms with Gasteiger partial charge in [-0.15, -0.1) is 0 Å². The molecule has 46 heavy (non-hydrogen) atoms. The second-order valence-electron chi connectivity index (χ2n) is 11.6. The lowest BCUT2D eigenvalue weighted by Crippen LogP contribution is -2.36. The van der Waals surface area contributed by atoms with Crippen LogP contribution in [0.1, 0.15) is 36.8 Å². The van der Waals surface area contributed by atoms with Crippen LogP contribution in [0.25, 0.3) is 21.8 Å². The molecule has 0 radical (unpaired) electrons. The van der Waals surface area contributed by atoms with E-state index < -0.39 is 0 Å². The first kappa shape index (κ1) is 30.7. The van der Waals surface area contributed by atoms with E-state index >= 15 is 0 Å². The van der Waals surface area contributed by atoms with Crippen molar-refractivity contribution < 1.29 is 9.13 Å². The zero-order chi connectivity index (χ0) is 31.6. The fourth-order valence-electron chi connectivity index (χ4n) is 5.87. The monoisotopic (exact) mass is 606 g/mol. The molecule has 0 amide bonds. The van der Waals surface area contributed by atoms with E-state index in [0.717, 1.165) is 48.4 Å². The molecule has 2 heterocycles. The molecule has 0 unspecified atom stereocenters. The Balaban J connectivity index is 1.06. The molecule has 0 aliphatic heterocycles. The van der Waals surface area contributed by atoms with Crippen molar-refractivity contribution in [3.8, 4) is 0 Å². The van der Waals surface area contributed by atoms with Gasteiger partial charge in [-0.2, -0.15) is 14.8 Å². The number of fused-ring (bicyclic) bond motifs is 2. The molecule has 0 fully saturated rings. The minimum atomic E-state index is 0.987. The molecule has 0 aliphatic rings. The number of unbranched alkanes of at least 4 members (excludes halogenated alkanes) is 3. The Hall–Kier alpha value is -5.36. The highest BCUT2D eigenvalue weighted by atomic mass is 15.4.